The summed E-state index contributed by atoms with van der Waals surface area (Å²) in [6.45, 7) is 6.73. The van der Waals surface area contributed by atoms with Crippen LogP contribution < -0.4 is 15.4 Å². The van der Waals surface area contributed by atoms with Crippen LogP contribution >= 0.6 is 0 Å². The summed E-state index contributed by atoms with van der Waals surface area (Å²) in [4.78, 5) is 12.5. The Labute approximate surface area is 138 Å². The lowest BCUT2D eigenvalue weighted by Crippen LogP contribution is -2.55. The zero-order valence-corrected chi connectivity index (χ0v) is 14.9. The molecule has 0 bridgehead atoms. The first kappa shape index (κ1) is 17.7. The van der Waals surface area contributed by atoms with Gasteiger partial charge in [-0.2, -0.15) is 0 Å². The summed E-state index contributed by atoms with van der Waals surface area (Å²) in [5, 5.41) is 3.00. The van der Waals surface area contributed by atoms with Crippen LogP contribution in [-0.4, -0.2) is 39.2 Å². The van der Waals surface area contributed by atoms with Crippen molar-refractivity contribution in [3.63, 3.8) is 0 Å². The van der Waals surface area contributed by atoms with Crippen LogP contribution in [0.5, 0.6) is 0 Å². The predicted molar refractivity (Wildman–Crippen MR) is 92.1 cm³/mol. The summed E-state index contributed by atoms with van der Waals surface area (Å²) in [6, 6.07) is 5.13. The van der Waals surface area contributed by atoms with E-state index in [2.05, 4.69) is 5.32 Å². The summed E-state index contributed by atoms with van der Waals surface area (Å²) in [5.74, 6) is 0.0128. The van der Waals surface area contributed by atoms with Gasteiger partial charge in [-0.1, -0.05) is 13.8 Å². The maximum absolute atomic E-state index is 12.5. The first-order chi connectivity index (χ1) is 10.6. The van der Waals surface area contributed by atoms with Crippen LogP contribution in [0.1, 0.15) is 36.7 Å². The monoisotopic (exact) mass is 339 g/mol. The van der Waals surface area contributed by atoms with Gasteiger partial charge in [0.2, 0.25) is 10.0 Å². The van der Waals surface area contributed by atoms with Crippen molar-refractivity contribution in [2.45, 2.75) is 32.7 Å². The molecule has 0 saturated carbocycles. The van der Waals surface area contributed by atoms with Gasteiger partial charge in [-0.15, -0.1) is 0 Å². The van der Waals surface area contributed by atoms with E-state index in [0.717, 1.165) is 5.56 Å². The van der Waals surface area contributed by atoms with E-state index >= 15 is 0 Å². The standard InChI is InChI=1S/C16H25N3O3S/c1-11(2)16(3,10-17)18-15(20)13-5-6-14-12(9-13)7-8-19(14)23(4,21)22/h5-6,9,11H,7-8,10,17H2,1-4H3,(H,18,20). The molecule has 1 atom stereocenters. The Morgan fingerprint density at radius 2 is 2.09 bits per heavy atom. The third-order valence-electron chi connectivity index (χ3n) is 4.69. The molecule has 128 valence electrons. The average molecular weight is 339 g/mol. The van der Waals surface area contributed by atoms with Gasteiger partial charge in [0.05, 0.1) is 17.5 Å². The van der Waals surface area contributed by atoms with Gasteiger partial charge < -0.3 is 11.1 Å². The minimum atomic E-state index is -3.28. The molecule has 0 aliphatic carbocycles. The largest absolute Gasteiger partial charge is 0.345 e. The molecule has 1 aliphatic rings. The topological polar surface area (TPSA) is 92.5 Å². The summed E-state index contributed by atoms with van der Waals surface area (Å²) in [7, 11) is -3.28. The number of anilines is 1. The third kappa shape index (κ3) is 3.50. The highest BCUT2D eigenvalue weighted by Gasteiger charge is 2.30. The Bertz CT molecular complexity index is 715. The van der Waals surface area contributed by atoms with Crippen LogP contribution in [-0.2, 0) is 16.4 Å². The number of amides is 1. The Balaban J connectivity index is 2.26. The molecule has 0 aromatic heterocycles. The maximum atomic E-state index is 12.5. The Morgan fingerprint density at radius 3 is 2.61 bits per heavy atom. The van der Waals surface area contributed by atoms with E-state index in [-0.39, 0.29) is 11.8 Å². The Kier molecular flexibility index (Phi) is 4.73. The highest BCUT2D eigenvalue weighted by Crippen LogP contribution is 2.30. The zero-order valence-electron chi connectivity index (χ0n) is 14.1. The van der Waals surface area contributed by atoms with E-state index in [0.29, 0.717) is 30.8 Å². The van der Waals surface area contributed by atoms with Gasteiger partial charge in [0.1, 0.15) is 0 Å². The van der Waals surface area contributed by atoms with Crippen molar-refractivity contribution < 1.29 is 13.2 Å². The fourth-order valence-electron chi connectivity index (χ4n) is 2.62. The summed E-state index contributed by atoms with van der Waals surface area (Å²) < 4.78 is 24.9. The molecule has 0 fully saturated rings. The predicted octanol–water partition coefficient (Wildman–Crippen LogP) is 1.11. The van der Waals surface area contributed by atoms with E-state index < -0.39 is 15.6 Å². The number of nitrogens with zero attached hydrogens (tertiary/aromatic N) is 1. The number of nitrogens with two attached hydrogens (primary N) is 1. The van der Waals surface area contributed by atoms with Crippen molar-refractivity contribution in [3.8, 4) is 0 Å². The fraction of sp³-hybridized carbons (Fsp3) is 0.562. The van der Waals surface area contributed by atoms with Gasteiger partial charge in [0.15, 0.2) is 0 Å². The summed E-state index contributed by atoms with van der Waals surface area (Å²) in [6.07, 6.45) is 1.81. The second kappa shape index (κ2) is 6.13. The quantitative estimate of drug-likeness (QED) is 0.840. The lowest BCUT2D eigenvalue weighted by Gasteiger charge is -2.33. The fourth-order valence-corrected chi connectivity index (χ4v) is 3.58. The number of nitrogens with one attached hydrogen (secondary N) is 1. The molecule has 0 saturated heterocycles. The minimum Gasteiger partial charge on any atom is -0.345 e. The van der Waals surface area contributed by atoms with E-state index in [4.69, 9.17) is 5.73 Å². The number of benzene rings is 1. The lowest BCUT2D eigenvalue weighted by molar-refractivity contribution is 0.0883. The van der Waals surface area contributed by atoms with Crippen LogP contribution in [0.4, 0.5) is 5.69 Å². The van der Waals surface area contributed by atoms with E-state index in [1.54, 1.807) is 18.2 Å². The van der Waals surface area contributed by atoms with Crippen LogP contribution in [0.3, 0.4) is 0 Å². The Hall–Kier alpha value is -1.60. The molecule has 1 aromatic rings. The third-order valence-corrected chi connectivity index (χ3v) is 5.87. The van der Waals surface area contributed by atoms with Crippen molar-refractivity contribution >= 4 is 21.6 Å². The van der Waals surface area contributed by atoms with E-state index in [1.165, 1.54) is 10.6 Å². The number of carbonyl (C=O) groups excluding carboxylic acids is 1. The number of hydrogen-bond donors (Lipinski definition) is 2. The van der Waals surface area contributed by atoms with Crippen molar-refractivity contribution in [3.05, 3.63) is 29.3 Å². The molecule has 1 amide bonds. The molecule has 1 unspecified atom stereocenters. The number of sulfonamides is 1. The van der Waals surface area contributed by atoms with Crippen molar-refractivity contribution in [1.29, 1.82) is 0 Å². The molecular formula is C16H25N3O3S. The first-order valence-electron chi connectivity index (χ1n) is 7.71. The van der Waals surface area contributed by atoms with Crippen molar-refractivity contribution in [2.24, 2.45) is 11.7 Å². The molecule has 0 radical (unpaired) electrons. The molecule has 2 rings (SSSR count). The van der Waals surface area contributed by atoms with Crippen LogP contribution in [0.2, 0.25) is 0 Å². The highest BCUT2D eigenvalue weighted by atomic mass is 32.2. The summed E-state index contributed by atoms with van der Waals surface area (Å²) in [5.41, 5.74) is 7.39. The van der Waals surface area contributed by atoms with Gasteiger partial charge in [-0.05, 0) is 43.0 Å². The number of fused-ring (bicyclic) bond motifs is 1. The maximum Gasteiger partial charge on any atom is 0.251 e. The number of rotatable bonds is 5. The molecule has 0 spiro atoms. The average Bonchev–Trinajstić information content (AvgIpc) is 2.89. The minimum absolute atomic E-state index is 0.188. The van der Waals surface area contributed by atoms with Gasteiger partial charge in [0, 0.05) is 18.7 Å². The van der Waals surface area contributed by atoms with Crippen LogP contribution in [0, 0.1) is 5.92 Å². The smallest absolute Gasteiger partial charge is 0.251 e. The zero-order chi connectivity index (χ0) is 17.4. The SMILES string of the molecule is CC(C)C(C)(CN)NC(=O)c1ccc2c(c1)CCN2S(C)(=O)=O. The second-order valence-electron chi connectivity index (χ2n) is 6.66. The molecule has 1 heterocycles. The second-order valence-corrected chi connectivity index (χ2v) is 8.57. The van der Waals surface area contributed by atoms with Gasteiger partial charge in [0.25, 0.3) is 5.91 Å². The molecule has 1 aliphatic heterocycles. The van der Waals surface area contributed by atoms with Crippen molar-refractivity contribution in [2.75, 3.05) is 23.7 Å². The van der Waals surface area contributed by atoms with E-state index in [9.17, 15) is 13.2 Å². The first-order valence-corrected chi connectivity index (χ1v) is 9.56. The molecule has 7 heteroatoms. The van der Waals surface area contributed by atoms with Gasteiger partial charge in [-0.3, -0.25) is 9.10 Å². The molecule has 3 N–H and O–H groups in total. The molecule has 1 aromatic carbocycles. The van der Waals surface area contributed by atoms with Gasteiger partial charge >= 0.3 is 0 Å². The highest BCUT2D eigenvalue weighted by molar-refractivity contribution is 7.92. The van der Waals surface area contributed by atoms with Crippen LogP contribution in [0.15, 0.2) is 18.2 Å². The van der Waals surface area contributed by atoms with Gasteiger partial charge in [-0.25, -0.2) is 8.42 Å². The normalized spacial score (nSPS) is 17.0. The lowest BCUT2D eigenvalue weighted by atomic mass is 9.88. The molecule has 23 heavy (non-hydrogen) atoms. The van der Waals surface area contributed by atoms with Crippen LogP contribution in [0.25, 0.3) is 0 Å². The Morgan fingerprint density at radius 1 is 1.43 bits per heavy atom. The summed E-state index contributed by atoms with van der Waals surface area (Å²) >= 11 is 0. The molecule has 6 nitrogen and oxygen atoms in total. The molecular weight excluding hydrogens is 314 g/mol. The number of hydrogen-bond acceptors (Lipinski definition) is 4. The van der Waals surface area contributed by atoms with E-state index in [1.807, 2.05) is 20.8 Å². The van der Waals surface area contributed by atoms with Crippen molar-refractivity contribution in [1.82, 2.24) is 5.32 Å². The number of carbonyl (C=O) groups is 1.